The molecular weight excluding hydrogens is 184 g/mol. The normalized spacial score (nSPS) is 26.1. The Morgan fingerprint density at radius 1 is 0.857 bits per heavy atom. The molecule has 4 heteroatoms. The molecule has 0 aromatic heterocycles. The van der Waals surface area contributed by atoms with Gasteiger partial charge in [0, 0.05) is 11.1 Å². The summed E-state index contributed by atoms with van der Waals surface area (Å²) in [5.41, 5.74) is 0.352. The van der Waals surface area contributed by atoms with Crippen LogP contribution in [0.2, 0.25) is 0 Å². The number of benzene rings is 1. The molecule has 0 radical (unpaired) electrons. The van der Waals surface area contributed by atoms with Crippen molar-refractivity contribution in [1.82, 2.24) is 0 Å². The highest BCUT2D eigenvalue weighted by atomic mass is 16.3. The van der Waals surface area contributed by atoms with Gasteiger partial charge in [-0.15, -0.1) is 0 Å². The van der Waals surface area contributed by atoms with E-state index in [1.807, 2.05) is 0 Å². The van der Waals surface area contributed by atoms with Crippen LogP contribution in [0.5, 0.6) is 0 Å². The lowest BCUT2D eigenvalue weighted by Gasteiger charge is -2.22. The molecule has 0 saturated carbocycles. The van der Waals surface area contributed by atoms with Crippen molar-refractivity contribution in [2.24, 2.45) is 0 Å². The lowest BCUT2D eigenvalue weighted by atomic mass is 9.86. The number of hydrogen-bond acceptors (Lipinski definition) is 4. The fourth-order valence-corrected chi connectivity index (χ4v) is 1.52. The molecule has 2 rings (SSSR count). The fraction of sp³-hybridized carbons (Fsp3) is 0.200. The second-order valence-corrected chi connectivity index (χ2v) is 3.16. The first-order valence-electron chi connectivity index (χ1n) is 4.16. The first-order chi connectivity index (χ1) is 6.63. The van der Waals surface area contributed by atoms with Crippen LogP contribution < -0.4 is 0 Å². The van der Waals surface area contributed by atoms with Gasteiger partial charge in [0.05, 0.1) is 0 Å². The summed E-state index contributed by atoms with van der Waals surface area (Å²) in [5.74, 6) is -1.21. The average molecular weight is 192 g/mol. The van der Waals surface area contributed by atoms with Crippen LogP contribution in [0.4, 0.5) is 0 Å². The summed E-state index contributed by atoms with van der Waals surface area (Å²) in [6, 6.07) is 6.14. The Morgan fingerprint density at radius 2 is 1.21 bits per heavy atom. The molecule has 72 valence electrons. The Balaban J connectivity index is 2.62. The molecule has 0 amide bonds. The van der Waals surface area contributed by atoms with Crippen molar-refractivity contribution in [2.75, 3.05) is 0 Å². The van der Waals surface area contributed by atoms with Crippen molar-refractivity contribution in [3.63, 3.8) is 0 Å². The summed E-state index contributed by atoms with van der Waals surface area (Å²) in [6.45, 7) is 0. The highest BCUT2D eigenvalue weighted by Gasteiger charge is 2.38. The van der Waals surface area contributed by atoms with E-state index < -0.39 is 23.8 Å². The monoisotopic (exact) mass is 192 g/mol. The Hall–Kier alpha value is -1.52. The van der Waals surface area contributed by atoms with Crippen LogP contribution in [0.25, 0.3) is 0 Å². The number of fused-ring (bicyclic) bond motifs is 1. The van der Waals surface area contributed by atoms with E-state index in [1.54, 1.807) is 12.1 Å². The van der Waals surface area contributed by atoms with Crippen LogP contribution in [-0.4, -0.2) is 34.0 Å². The van der Waals surface area contributed by atoms with Crippen LogP contribution in [0.3, 0.4) is 0 Å². The van der Waals surface area contributed by atoms with Gasteiger partial charge < -0.3 is 10.2 Å². The first kappa shape index (κ1) is 9.05. The molecule has 1 aliphatic rings. The predicted octanol–water partition coefficient (Wildman–Crippen LogP) is -0.213. The number of carbonyl (C=O) groups excluding carboxylic acids is 2. The second kappa shape index (κ2) is 3.01. The van der Waals surface area contributed by atoms with Crippen molar-refractivity contribution in [3.8, 4) is 0 Å². The molecule has 0 bridgehead atoms. The van der Waals surface area contributed by atoms with E-state index in [4.69, 9.17) is 0 Å². The zero-order valence-electron chi connectivity index (χ0n) is 7.18. The van der Waals surface area contributed by atoms with E-state index in [2.05, 4.69) is 0 Å². The van der Waals surface area contributed by atoms with E-state index in [0.29, 0.717) is 0 Å². The lowest BCUT2D eigenvalue weighted by molar-refractivity contribution is 0.0184. The summed E-state index contributed by atoms with van der Waals surface area (Å²) in [5, 5.41) is 18.5. The van der Waals surface area contributed by atoms with Gasteiger partial charge in [0.15, 0.2) is 23.8 Å². The van der Waals surface area contributed by atoms with Crippen molar-refractivity contribution in [1.29, 1.82) is 0 Å². The number of Topliss-reactive ketones (excluding diaryl/α,β-unsaturated/α-hetero) is 2. The van der Waals surface area contributed by atoms with E-state index >= 15 is 0 Å². The molecule has 0 heterocycles. The van der Waals surface area contributed by atoms with E-state index in [-0.39, 0.29) is 11.1 Å². The van der Waals surface area contributed by atoms with Crippen LogP contribution in [0, 0.1) is 0 Å². The molecule has 2 atom stereocenters. The zero-order valence-corrected chi connectivity index (χ0v) is 7.18. The standard InChI is InChI=1S/C10H8O4/c11-7-5-3-1-2-4-6(5)8(12)10(14)9(7)13/h1-4,9-10,13-14H/t9-,10+. The van der Waals surface area contributed by atoms with Crippen molar-refractivity contribution in [3.05, 3.63) is 35.4 Å². The van der Waals surface area contributed by atoms with E-state index in [1.165, 1.54) is 12.1 Å². The van der Waals surface area contributed by atoms with Gasteiger partial charge in [0.25, 0.3) is 0 Å². The minimum atomic E-state index is -1.63. The van der Waals surface area contributed by atoms with Crippen LogP contribution in [-0.2, 0) is 0 Å². The summed E-state index contributed by atoms with van der Waals surface area (Å²) < 4.78 is 0. The van der Waals surface area contributed by atoms with Crippen LogP contribution in [0.1, 0.15) is 20.7 Å². The third kappa shape index (κ3) is 1.08. The molecule has 0 spiro atoms. The zero-order chi connectivity index (χ0) is 10.3. The summed E-state index contributed by atoms with van der Waals surface area (Å²) >= 11 is 0. The summed E-state index contributed by atoms with van der Waals surface area (Å²) in [7, 11) is 0. The van der Waals surface area contributed by atoms with Gasteiger partial charge in [0.1, 0.15) is 0 Å². The number of rotatable bonds is 0. The molecule has 0 aliphatic heterocycles. The van der Waals surface area contributed by atoms with Crippen molar-refractivity contribution >= 4 is 11.6 Å². The maximum Gasteiger partial charge on any atom is 0.195 e. The largest absolute Gasteiger partial charge is 0.382 e. The van der Waals surface area contributed by atoms with Gasteiger partial charge in [-0.3, -0.25) is 9.59 Å². The van der Waals surface area contributed by atoms with Crippen LogP contribution >= 0.6 is 0 Å². The molecule has 0 saturated heterocycles. The molecule has 4 nitrogen and oxygen atoms in total. The molecular formula is C10H8O4. The Labute approximate surface area is 79.8 Å². The second-order valence-electron chi connectivity index (χ2n) is 3.16. The highest BCUT2D eigenvalue weighted by Crippen LogP contribution is 2.21. The third-order valence-corrected chi connectivity index (χ3v) is 2.29. The highest BCUT2D eigenvalue weighted by molar-refractivity contribution is 6.17. The molecule has 0 fully saturated rings. The van der Waals surface area contributed by atoms with Gasteiger partial charge >= 0.3 is 0 Å². The number of carbonyl (C=O) groups is 2. The topological polar surface area (TPSA) is 74.6 Å². The Morgan fingerprint density at radius 3 is 1.57 bits per heavy atom. The minimum Gasteiger partial charge on any atom is -0.382 e. The van der Waals surface area contributed by atoms with Crippen LogP contribution in [0.15, 0.2) is 24.3 Å². The van der Waals surface area contributed by atoms with Crippen molar-refractivity contribution in [2.45, 2.75) is 12.2 Å². The lowest BCUT2D eigenvalue weighted by Crippen LogP contribution is -2.44. The molecule has 2 N–H and O–H groups in total. The smallest absolute Gasteiger partial charge is 0.195 e. The number of aliphatic hydroxyl groups is 2. The third-order valence-electron chi connectivity index (χ3n) is 2.29. The predicted molar refractivity (Wildman–Crippen MR) is 47.1 cm³/mol. The maximum absolute atomic E-state index is 11.4. The number of hydrogen-bond donors (Lipinski definition) is 2. The fourth-order valence-electron chi connectivity index (χ4n) is 1.52. The van der Waals surface area contributed by atoms with E-state index in [0.717, 1.165) is 0 Å². The van der Waals surface area contributed by atoms with E-state index in [9.17, 15) is 19.8 Å². The van der Waals surface area contributed by atoms with Gasteiger partial charge in [-0.25, -0.2) is 0 Å². The van der Waals surface area contributed by atoms with Crippen molar-refractivity contribution < 1.29 is 19.8 Å². The molecule has 1 aromatic carbocycles. The minimum absolute atomic E-state index is 0.176. The average Bonchev–Trinajstić information content (AvgIpc) is 2.23. The number of aliphatic hydroxyl groups excluding tert-OH is 2. The molecule has 14 heavy (non-hydrogen) atoms. The van der Waals surface area contributed by atoms with Gasteiger partial charge in [-0.2, -0.15) is 0 Å². The summed E-state index contributed by atoms with van der Waals surface area (Å²) in [6.07, 6.45) is -3.25. The van der Waals surface area contributed by atoms with Gasteiger partial charge in [-0.05, 0) is 0 Å². The Bertz CT molecular complexity index is 371. The van der Waals surface area contributed by atoms with Gasteiger partial charge in [-0.1, -0.05) is 24.3 Å². The quantitative estimate of drug-likeness (QED) is 0.596. The van der Waals surface area contributed by atoms with Gasteiger partial charge in [0.2, 0.25) is 0 Å². The first-order valence-corrected chi connectivity index (χ1v) is 4.16. The molecule has 1 aromatic rings. The maximum atomic E-state index is 11.4. The summed E-state index contributed by atoms with van der Waals surface area (Å²) in [4.78, 5) is 22.8. The SMILES string of the molecule is O=C1c2ccccc2C(=O)[C@H](O)[C@@H]1O. The molecule has 1 aliphatic carbocycles. The molecule has 0 unspecified atom stereocenters. The number of ketones is 2. The Kier molecular flexibility index (Phi) is 1.94.